The summed E-state index contributed by atoms with van der Waals surface area (Å²) in [5.41, 5.74) is 3.73. The molecule has 0 unspecified atom stereocenters. The monoisotopic (exact) mass is 456 g/mol. The number of aryl methyl sites for hydroxylation is 1. The zero-order chi connectivity index (χ0) is 20.7. The van der Waals surface area contributed by atoms with Gasteiger partial charge in [-0.25, -0.2) is 4.99 Å². The molecular formula is C25H17BrN2O2. The minimum Gasteiger partial charge on any atom is -0.457 e. The fourth-order valence-electron chi connectivity index (χ4n) is 3.59. The van der Waals surface area contributed by atoms with E-state index in [9.17, 15) is 4.79 Å². The van der Waals surface area contributed by atoms with Crippen molar-refractivity contribution in [3.8, 4) is 11.5 Å². The lowest BCUT2D eigenvalue weighted by Gasteiger charge is -2.07. The van der Waals surface area contributed by atoms with Crippen LogP contribution in [0, 0.1) is 6.92 Å². The first-order valence-corrected chi connectivity index (χ1v) is 10.3. The molecule has 4 nitrogen and oxygen atoms in total. The van der Waals surface area contributed by atoms with Crippen molar-refractivity contribution in [3.63, 3.8) is 0 Å². The summed E-state index contributed by atoms with van der Waals surface area (Å²) in [5.74, 6) is 1.30. The lowest BCUT2D eigenvalue weighted by Crippen LogP contribution is -2.13. The second kappa shape index (κ2) is 7.43. The van der Waals surface area contributed by atoms with E-state index in [4.69, 9.17) is 4.74 Å². The van der Waals surface area contributed by atoms with Gasteiger partial charge in [-0.05, 0) is 71.8 Å². The number of benzene rings is 4. The summed E-state index contributed by atoms with van der Waals surface area (Å²) >= 11 is 3.49. The molecule has 30 heavy (non-hydrogen) atoms. The first-order valence-electron chi connectivity index (χ1n) is 9.54. The predicted molar refractivity (Wildman–Crippen MR) is 124 cm³/mol. The van der Waals surface area contributed by atoms with Gasteiger partial charge >= 0.3 is 0 Å². The summed E-state index contributed by atoms with van der Waals surface area (Å²) in [4.78, 5) is 17.0. The molecule has 1 aliphatic rings. The van der Waals surface area contributed by atoms with Crippen LogP contribution in [0.1, 0.15) is 11.1 Å². The second-order valence-corrected chi connectivity index (χ2v) is 8.08. The predicted octanol–water partition coefficient (Wildman–Crippen LogP) is 6.78. The molecule has 1 N–H and O–H groups in total. The minimum absolute atomic E-state index is 0.192. The standard InChI is InChI=1S/C25H17BrN2O2/c1-15-12-18(26)14-22-23(15)28-25(29)24(22)27-19-7-10-20(11-8-19)30-21-9-6-16-4-2-3-5-17(16)13-21/h2-14H,1H3,(H,27,28,29). The maximum Gasteiger partial charge on any atom is 0.275 e. The van der Waals surface area contributed by atoms with Crippen molar-refractivity contribution >= 4 is 49.7 Å². The highest BCUT2D eigenvalue weighted by molar-refractivity contribution is 9.10. The number of ether oxygens (including phenoxy) is 1. The second-order valence-electron chi connectivity index (χ2n) is 7.16. The summed E-state index contributed by atoms with van der Waals surface area (Å²) in [7, 11) is 0. The molecule has 0 atom stereocenters. The van der Waals surface area contributed by atoms with Gasteiger partial charge < -0.3 is 10.1 Å². The van der Waals surface area contributed by atoms with E-state index in [2.05, 4.69) is 38.4 Å². The zero-order valence-electron chi connectivity index (χ0n) is 16.1. The molecule has 1 aliphatic heterocycles. The van der Waals surface area contributed by atoms with Gasteiger partial charge in [-0.3, -0.25) is 4.79 Å². The molecule has 0 fully saturated rings. The molecule has 4 aromatic carbocycles. The highest BCUT2D eigenvalue weighted by atomic mass is 79.9. The Balaban J connectivity index is 1.41. The van der Waals surface area contributed by atoms with E-state index >= 15 is 0 Å². The van der Waals surface area contributed by atoms with Crippen LogP contribution < -0.4 is 10.1 Å². The number of carbonyl (C=O) groups is 1. The Kier molecular flexibility index (Phi) is 4.60. The third-order valence-electron chi connectivity index (χ3n) is 5.04. The maximum absolute atomic E-state index is 12.4. The van der Waals surface area contributed by atoms with E-state index in [-0.39, 0.29) is 5.91 Å². The lowest BCUT2D eigenvalue weighted by molar-refractivity contribution is -0.110. The van der Waals surface area contributed by atoms with E-state index in [0.29, 0.717) is 17.1 Å². The Morgan fingerprint density at radius 3 is 2.40 bits per heavy atom. The highest BCUT2D eigenvalue weighted by Gasteiger charge is 2.27. The molecule has 4 aromatic rings. The molecule has 0 aliphatic carbocycles. The quantitative estimate of drug-likeness (QED) is 0.369. The lowest BCUT2D eigenvalue weighted by atomic mass is 10.1. The smallest absolute Gasteiger partial charge is 0.275 e. The topological polar surface area (TPSA) is 50.7 Å². The van der Waals surface area contributed by atoms with Crippen LogP contribution in [-0.2, 0) is 4.79 Å². The number of anilines is 1. The van der Waals surface area contributed by atoms with Crippen LogP contribution in [0.2, 0.25) is 0 Å². The van der Waals surface area contributed by atoms with Crippen LogP contribution in [-0.4, -0.2) is 11.6 Å². The third-order valence-corrected chi connectivity index (χ3v) is 5.50. The van der Waals surface area contributed by atoms with Gasteiger partial charge in [-0.15, -0.1) is 0 Å². The van der Waals surface area contributed by atoms with Gasteiger partial charge in [0.15, 0.2) is 0 Å². The molecule has 5 heteroatoms. The summed E-state index contributed by atoms with van der Waals surface area (Å²) in [6.45, 7) is 1.96. The van der Waals surface area contributed by atoms with E-state index in [1.54, 1.807) is 0 Å². The van der Waals surface area contributed by atoms with Crippen LogP contribution in [0.15, 0.2) is 88.3 Å². The molecule has 0 saturated heterocycles. The van der Waals surface area contributed by atoms with Crippen LogP contribution >= 0.6 is 15.9 Å². The van der Waals surface area contributed by atoms with E-state index in [1.807, 2.05) is 73.7 Å². The van der Waals surface area contributed by atoms with Gasteiger partial charge in [-0.2, -0.15) is 0 Å². The van der Waals surface area contributed by atoms with Gasteiger partial charge in [0.2, 0.25) is 0 Å². The summed E-state index contributed by atoms with van der Waals surface area (Å²) in [6.07, 6.45) is 0. The Morgan fingerprint density at radius 1 is 0.867 bits per heavy atom. The summed E-state index contributed by atoms with van der Waals surface area (Å²) in [5, 5.41) is 5.21. The largest absolute Gasteiger partial charge is 0.457 e. The summed E-state index contributed by atoms with van der Waals surface area (Å²) < 4.78 is 6.90. The Hall–Kier alpha value is -3.44. The SMILES string of the molecule is Cc1cc(Br)cc2c1NC(=O)C2=Nc1ccc(Oc2ccc3ccccc3c2)cc1. The molecule has 0 aromatic heterocycles. The molecule has 0 saturated carbocycles. The number of carbonyl (C=O) groups excluding carboxylic acids is 1. The van der Waals surface area contributed by atoms with Gasteiger partial charge in [0.1, 0.15) is 17.2 Å². The normalized spacial score (nSPS) is 14.1. The van der Waals surface area contributed by atoms with E-state index in [0.717, 1.165) is 32.4 Å². The number of fused-ring (bicyclic) bond motifs is 2. The molecule has 5 rings (SSSR count). The number of hydrogen-bond donors (Lipinski definition) is 1. The Morgan fingerprint density at radius 2 is 1.60 bits per heavy atom. The van der Waals surface area contributed by atoms with Crippen molar-refractivity contribution in [1.82, 2.24) is 0 Å². The number of halogens is 1. The molecule has 0 bridgehead atoms. The van der Waals surface area contributed by atoms with E-state index in [1.165, 1.54) is 5.39 Å². The number of rotatable bonds is 3. The average molecular weight is 457 g/mol. The first-order chi connectivity index (χ1) is 14.6. The molecule has 1 heterocycles. The van der Waals surface area contributed by atoms with Gasteiger partial charge in [0.05, 0.1) is 11.4 Å². The van der Waals surface area contributed by atoms with Crippen LogP contribution in [0.4, 0.5) is 11.4 Å². The van der Waals surface area contributed by atoms with Gasteiger partial charge in [0.25, 0.3) is 5.91 Å². The molecule has 0 spiro atoms. The van der Waals surface area contributed by atoms with Crippen LogP contribution in [0.5, 0.6) is 11.5 Å². The molecule has 1 amide bonds. The van der Waals surface area contributed by atoms with Crippen molar-refractivity contribution in [1.29, 1.82) is 0 Å². The van der Waals surface area contributed by atoms with Crippen molar-refractivity contribution < 1.29 is 9.53 Å². The molecule has 0 radical (unpaired) electrons. The number of amides is 1. The summed E-state index contributed by atoms with van der Waals surface area (Å²) in [6, 6.07) is 25.5. The Labute approximate surface area is 182 Å². The van der Waals surface area contributed by atoms with E-state index < -0.39 is 0 Å². The number of hydrogen-bond acceptors (Lipinski definition) is 3. The third kappa shape index (κ3) is 3.48. The van der Waals surface area contributed by atoms with Crippen LogP contribution in [0.25, 0.3) is 10.8 Å². The van der Waals surface area contributed by atoms with Gasteiger partial charge in [0, 0.05) is 10.0 Å². The Bertz CT molecular complexity index is 1330. The fourth-order valence-corrected chi connectivity index (χ4v) is 4.16. The van der Waals surface area contributed by atoms with Crippen molar-refractivity contribution in [2.75, 3.05) is 5.32 Å². The van der Waals surface area contributed by atoms with Crippen molar-refractivity contribution in [3.05, 3.63) is 94.5 Å². The van der Waals surface area contributed by atoms with Crippen molar-refractivity contribution in [2.45, 2.75) is 6.92 Å². The number of nitrogens with zero attached hydrogens (tertiary/aromatic N) is 1. The fraction of sp³-hybridized carbons (Fsp3) is 0.0400. The van der Waals surface area contributed by atoms with Crippen LogP contribution in [0.3, 0.4) is 0 Å². The average Bonchev–Trinajstić information content (AvgIpc) is 3.05. The number of nitrogens with one attached hydrogen (secondary N) is 1. The minimum atomic E-state index is -0.192. The van der Waals surface area contributed by atoms with Crippen molar-refractivity contribution in [2.24, 2.45) is 4.99 Å². The van der Waals surface area contributed by atoms with Gasteiger partial charge in [-0.1, -0.05) is 46.3 Å². The highest BCUT2D eigenvalue weighted by Crippen LogP contribution is 2.33. The molecular weight excluding hydrogens is 440 g/mol. The molecule has 146 valence electrons. The number of aliphatic imine (C=N–C) groups is 1. The first kappa shape index (κ1) is 18.6. The zero-order valence-corrected chi connectivity index (χ0v) is 17.7. The maximum atomic E-state index is 12.4.